The number of urea groups is 1. The highest BCUT2D eigenvalue weighted by Gasteiger charge is 2.23. The predicted octanol–water partition coefficient (Wildman–Crippen LogP) is 2.58. The van der Waals surface area contributed by atoms with Crippen LogP contribution in [0.5, 0.6) is 0 Å². The number of hydrogen-bond acceptors (Lipinski definition) is 3. The number of aromatic amines is 1. The quantitative estimate of drug-likeness (QED) is 0.660. The minimum atomic E-state index is -0.343. The van der Waals surface area contributed by atoms with Crippen LogP contribution in [0.15, 0.2) is 24.3 Å². The van der Waals surface area contributed by atoms with Crippen molar-refractivity contribution in [3.05, 3.63) is 30.1 Å². The molecule has 1 atom stereocenters. The fraction of sp³-hybridized carbons (Fsp3) is 0.529. The summed E-state index contributed by atoms with van der Waals surface area (Å²) in [5, 5.41) is 15.0. The van der Waals surface area contributed by atoms with Gasteiger partial charge in [0.05, 0.1) is 17.1 Å². The summed E-state index contributed by atoms with van der Waals surface area (Å²) in [7, 11) is 0. The number of carbonyl (C=O) groups excluding carboxylic acids is 1. The lowest BCUT2D eigenvalue weighted by Crippen LogP contribution is -2.44. The number of rotatable bonds is 6. The number of nitrogens with one attached hydrogen (secondary N) is 3. The van der Waals surface area contributed by atoms with Gasteiger partial charge in [0.1, 0.15) is 5.82 Å². The van der Waals surface area contributed by atoms with E-state index in [0.717, 1.165) is 16.9 Å². The number of para-hydroxylation sites is 2. The maximum Gasteiger partial charge on any atom is 0.315 e. The summed E-state index contributed by atoms with van der Waals surface area (Å²) in [6.45, 7) is 8.29. The van der Waals surface area contributed by atoms with E-state index in [1.807, 2.05) is 52.0 Å². The molecule has 6 heteroatoms. The van der Waals surface area contributed by atoms with E-state index in [0.29, 0.717) is 6.54 Å². The zero-order valence-corrected chi connectivity index (χ0v) is 14.2. The number of hydrogen-bond donors (Lipinski definition) is 4. The Hall–Kier alpha value is -2.08. The van der Waals surface area contributed by atoms with E-state index >= 15 is 0 Å². The molecule has 0 aliphatic carbocycles. The Labute approximate surface area is 136 Å². The summed E-state index contributed by atoms with van der Waals surface area (Å²) < 4.78 is 0. The molecule has 2 aromatic rings. The van der Waals surface area contributed by atoms with Crippen LogP contribution in [0.4, 0.5) is 4.79 Å². The van der Waals surface area contributed by atoms with Gasteiger partial charge in [-0.15, -0.1) is 0 Å². The van der Waals surface area contributed by atoms with E-state index in [-0.39, 0.29) is 30.0 Å². The van der Waals surface area contributed by atoms with Crippen LogP contribution < -0.4 is 10.6 Å². The van der Waals surface area contributed by atoms with E-state index in [1.54, 1.807) is 0 Å². The van der Waals surface area contributed by atoms with Gasteiger partial charge in [-0.25, -0.2) is 9.78 Å². The van der Waals surface area contributed by atoms with Gasteiger partial charge in [0.2, 0.25) is 0 Å². The first-order chi connectivity index (χ1) is 10.8. The maximum absolute atomic E-state index is 12.2. The first kappa shape index (κ1) is 17.3. The third-order valence-corrected chi connectivity index (χ3v) is 3.81. The molecule has 6 nitrogen and oxygen atoms in total. The highest BCUT2D eigenvalue weighted by atomic mass is 16.3. The molecule has 2 rings (SSSR count). The van der Waals surface area contributed by atoms with Crippen molar-refractivity contribution in [1.82, 2.24) is 20.6 Å². The van der Waals surface area contributed by atoms with Gasteiger partial charge >= 0.3 is 6.03 Å². The smallest absolute Gasteiger partial charge is 0.315 e. The molecule has 23 heavy (non-hydrogen) atoms. The third-order valence-electron chi connectivity index (χ3n) is 3.81. The van der Waals surface area contributed by atoms with Gasteiger partial charge in [0.25, 0.3) is 0 Å². The maximum atomic E-state index is 12.2. The highest BCUT2D eigenvalue weighted by molar-refractivity contribution is 5.76. The predicted molar refractivity (Wildman–Crippen MR) is 91.1 cm³/mol. The van der Waals surface area contributed by atoms with Crippen molar-refractivity contribution >= 4 is 17.1 Å². The van der Waals surface area contributed by atoms with E-state index < -0.39 is 0 Å². The van der Waals surface area contributed by atoms with Crippen molar-refractivity contribution in [3.63, 3.8) is 0 Å². The van der Waals surface area contributed by atoms with Gasteiger partial charge in [-0.1, -0.05) is 39.8 Å². The first-order valence-corrected chi connectivity index (χ1v) is 7.92. The van der Waals surface area contributed by atoms with Gasteiger partial charge < -0.3 is 20.7 Å². The molecule has 1 unspecified atom stereocenters. The Balaban J connectivity index is 2.08. The highest BCUT2D eigenvalue weighted by Crippen LogP contribution is 2.22. The molecule has 0 saturated carbocycles. The molecule has 1 heterocycles. The zero-order chi connectivity index (χ0) is 17.0. The van der Waals surface area contributed by atoms with Gasteiger partial charge in [0, 0.05) is 18.6 Å². The minimum absolute atomic E-state index is 0.0183. The second-order valence-corrected chi connectivity index (χ2v) is 7.01. The molecule has 0 radical (unpaired) electrons. The van der Waals surface area contributed by atoms with Gasteiger partial charge in [-0.2, -0.15) is 0 Å². The standard InChI is InChI=1S/C17H26N4O2/c1-11(2)14(21-16(23)18-9-17(3,4)10-22)15-19-12-7-5-6-8-13(12)20-15/h5-8,11,14,22H,9-10H2,1-4H3,(H,19,20)(H2,18,21,23). The summed E-state index contributed by atoms with van der Waals surface area (Å²) >= 11 is 0. The van der Waals surface area contributed by atoms with Crippen LogP contribution in [0, 0.1) is 11.3 Å². The molecule has 0 bridgehead atoms. The first-order valence-electron chi connectivity index (χ1n) is 7.92. The summed E-state index contributed by atoms with van der Waals surface area (Å²) in [5.74, 6) is 0.935. The lowest BCUT2D eigenvalue weighted by Gasteiger charge is -2.24. The van der Waals surface area contributed by atoms with Crippen LogP contribution in [0.1, 0.15) is 39.6 Å². The van der Waals surface area contributed by atoms with Crippen molar-refractivity contribution in [3.8, 4) is 0 Å². The summed E-state index contributed by atoms with van der Waals surface area (Å²) in [5.41, 5.74) is 1.50. The normalized spacial score (nSPS) is 13.3. The van der Waals surface area contributed by atoms with E-state index in [9.17, 15) is 9.90 Å². The molecule has 0 saturated heterocycles. The van der Waals surface area contributed by atoms with Crippen molar-refractivity contribution in [2.75, 3.05) is 13.2 Å². The molecule has 126 valence electrons. The molecule has 4 N–H and O–H groups in total. The fourth-order valence-corrected chi connectivity index (χ4v) is 2.24. The van der Waals surface area contributed by atoms with Crippen molar-refractivity contribution in [2.24, 2.45) is 11.3 Å². The van der Waals surface area contributed by atoms with Crippen molar-refractivity contribution in [1.29, 1.82) is 0 Å². The van der Waals surface area contributed by atoms with Gasteiger partial charge in [-0.05, 0) is 18.1 Å². The Morgan fingerprint density at radius 3 is 2.65 bits per heavy atom. The molecule has 1 aromatic heterocycles. The average Bonchev–Trinajstić information content (AvgIpc) is 2.94. The van der Waals surface area contributed by atoms with Crippen LogP contribution in [0.3, 0.4) is 0 Å². The second-order valence-electron chi connectivity index (χ2n) is 7.01. The molecule has 0 spiro atoms. The molecule has 1 aromatic carbocycles. The molecular weight excluding hydrogens is 292 g/mol. The lowest BCUT2D eigenvalue weighted by molar-refractivity contribution is 0.156. The number of fused-ring (bicyclic) bond motifs is 1. The second kappa shape index (κ2) is 7.00. The zero-order valence-electron chi connectivity index (χ0n) is 14.2. The number of nitrogens with zero attached hydrogens (tertiary/aromatic N) is 1. The van der Waals surface area contributed by atoms with Crippen LogP contribution in [-0.4, -0.2) is 34.3 Å². The number of imidazole rings is 1. The number of benzene rings is 1. The van der Waals surface area contributed by atoms with Crippen LogP contribution >= 0.6 is 0 Å². The molecule has 2 amide bonds. The van der Waals surface area contributed by atoms with E-state index in [4.69, 9.17) is 0 Å². The van der Waals surface area contributed by atoms with Crippen LogP contribution in [0.2, 0.25) is 0 Å². The molecular formula is C17H26N4O2. The van der Waals surface area contributed by atoms with Gasteiger partial charge in [-0.3, -0.25) is 0 Å². The average molecular weight is 318 g/mol. The monoisotopic (exact) mass is 318 g/mol. The molecule has 0 aliphatic heterocycles. The number of aliphatic hydroxyl groups is 1. The Kier molecular flexibility index (Phi) is 5.26. The topological polar surface area (TPSA) is 90.0 Å². The summed E-state index contributed by atoms with van der Waals surface area (Å²) in [6, 6.07) is 7.33. The largest absolute Gasteiger partial charge is 0.396 e. The molecule has 0 aliphatic rings. The number of aliphatic hydroxyl groups excluding tert-OH is 1. The van der Waals surface area contributed by atoms with E-state index in [2.05, 4.69) is 20.6 Å². The number of H-pyrrole nitrogens is 1. The third kappa shape index (κ3) is 4.45. The van der Waals surface area contributed by atoms with E-state index in [1.165, 1.54) is 0 Å². The number of aromatic nitrogens is 2. The van der Waals surface area contributed by atoms with Crippen LogP contribution in [-0.2, 0) is 0 Å². The minimum Gasteiger partial charge on any atom is -0.396 e. The number of amides is 2. The fourth-order valence-electron chi connectivity index (χ4n) is 2.24. The number of carbonyl (C=O) groups is 1. The van der Waals surface area contributed by atoms with Gasteiger partial charge in [0.15, 0.2) is 0 Å². The molecule has 0 fully saturated rings. The Bertz CT molecular complexity index is 630. The lowest BCUT2D eigenvalue weighted by atomic mass is 9.95. The van der Waals surface area contributed by atoms with Crippen molar-refractivity contribution in [2.45, 2.75) is 33.7 Å². The SMILES string of the molecule is CC(C)C(NC(=O)NCC(C)(C)CO)c1nc2ccccc2[nH]1. The Morgan fingerprint density at radius 1 is 1.35 bits per heavy atom. The van der Waals surface area contributed by atoms with Crippen molar-refractivity contribution < 1.29 is 9.90 Å². The summed E-state index contributed by atoms with van der Waals surface area (Å²) in [4.78, 5) is 20.0. The Morgan fingerprint density at radius 2 is 2.04 bits per heavy atom. The van der Waals surface area contributed by atoms with Crippen LogP contribution in [0.25, 0.3) is 11.0 Å². The summed E-state index contributed by atoms with van der Waals surface area (Å²) in [6.07, 6.45) is 0.